The van der Waals surface area contributed by atoms with E-state index in [0.29, 0.717) is 68.3 Å². The van der Waals surface area contributed by atoms with Crippen LogP contribution in [0.15, 0.2) is 96.5 Å². The van der Waals surface area contributed by atoms with Crippen molar-refractivity contribution >= 4 is 75.3 Å². The van der Waals surface area contributed by atoms with E-state index in [-0.39, 0.29) is 29.4 Å². The molecule has 4 aromatic carbocycles. The number of likely N-dealkylation sites (tertiary alicyclic amines) is 1. The predicted octanol–water partition coefficient (Wildman–Crippen LogP) is 9.24. The van der Waals surface area contributed by atoms with Crippen molar-refractivity contribution in [3.05, 3.63) is 118 Å². The first kappa shape index (κ1) is 49.7. The Labute approximate surface area is 412 Å². The zero-order valence-electron chi connectivity index (χ0n) is 39.1. The summed E-state index contributed by atoms with van der Waals surface area (Å²) in [5, 5.41) is 15.8. The number of anilines is 2. The van der Waals surface area contributed by atoms with Crippen LogP contribution in [0.3, 0.4) is 0 Å². The summed E-state index contributed by atoms with van der Waals surface area (Å²) in [6, 6.07) is 29.1. The van der Waals surface area contributed by atoms with Crippen molar-refractivity contribution in [3.8, 4) is 33.4 Å². The fourth-order valence-corrected chi connectivity index (χ4v) is 9.93. The number of aromatic nitrogens is 1. The highest BCUT2D eigenvalue weighted by Crippen LogP contribution is 2.38. The van der Waals surface area contributed by atoms with Gasteiger partial charge >= 0.3 is 0 Å². The number of carbonyl (C=O) groups excluding carboxylic acids is 4. The normalized spacial score (nSPS) is 16.1. The van der Waals surface area contributed by atoms with Gasteiger partial charge in [0.25, 0.3) is 5.91 Å². The Balaban J connectivity index is 0.823. The van der Waals surface area contributed by atoms with Crippen LogP contribution in [-0.2, 0) is 30.5 Å². The van der Waals surface area contributed by atoms with E-state index in [4.69, 9.17) is 33.3 Å². The molecule has 1 aromatic heterocycles. The molecule has 0 saturated carbocycles. The molecule has 5 aromatic rings. The fourth-order valence-electron chi connectivity index (χ4n) is 8.38. The molecule has 0 spiro atoms. The molecule has 354 valence electrons. The van der Waals surface area contributed by atoms with Gasteiger partial charge < -0.3 is 29.9 Å². The largest absolute Gasteiger partial charge is 0.494 e. The van der Waals surface area contributed by atoms with E-state index in [1.165, 1.54) is 4.90 Å². The Kier molecular flexibility index (Phi) is 15.7. The number of hydrogen-bond donors (Lipinski definition) is 2. The molecule has 0 aliphatic carbocycles. The van der Waals surface area contributed by atoms with Crippen molar-refractivity contribution in [1.29, 1.82) is 5.26 Å². The minimum absolute atomic E-state index is 0.193. The number of thiazole rings is 1. The van der Waals surface area contributed by atoms with Gasteiger partial charge in [-0.25, -0.2) is 4.98 Å². The van der Waals surface area contributed by atoms with Crippen molar-refractivity contribution in [2.24, 2.45) is 5.41 Å². The second kappa shape index (κ2) is 21.4. The number of nitriles is 1. The van der Waals surface area contributed by atoms with E-state index in [1.807, 2.05) is 131 Å². The maximum Gasteiger partial charge on any atom is 0.259 e. The van der Waals surface area contributed by atoms with Crippen molar-refractivity contribution in [3.63, 3.8) is 0 Å². The number of carbonyl (C=O) groups is 4. The van der Waals surface area contributed by atoms with Gasteiger partial charge in [0, 0.05) is 25.4 Å². The third-order valence-corrected chi connectivity index (χ3v) is 13.8. The number of benzene rings is 4. The summed E-state index contributed by atoms with van der Waals surface area (Å²) >= 11 is 13.7. The summed E-state index contributed by atoms with van der Waals surface area (Å²) in [5.41, 5.74) is 6.83. The van der Waals surface area contributed by atoms with Gasteiger partial charge in [0.15, 0.2) is 5.11 Å². The molecule has 0 radical (unpaired) electrons. The second-order valence-corrected chi connectivity index (χ2v) is 20.1. The van der Waals surface area contributed by atoms with E-state index < -0.39 is 28.9 Å². The average Bonchev–Trinajstić information content (AvgIpc) is 4.03. The highest BCUT2D eigenvalue weighted by molar-refractivity contribution is 7.81. The van der Waals surface area contributed by atoms with E-state index in [2.05, 4.69) is 15.6 Å². The van der Waals surface area contributed by atoms with Gasteiger partial charge in [-0.05, 0) is 129 Å². The van der Waals surface area contributed by atoms with Crippen LogP contribution in [0, 0.1) is 23.7 Å². The molecule has 2 atom stereocenters. The van der Waals surface area contributed by atoms with Crippen LogP contribution in [0.5, 0.6) is 5.75 Å². The third-order valence-electron chi connectivity index (χ3n) is 12.2. The Bertz CT molecular complexity index is 2690. The number of thiocarbonyl (C=S) groups is 1. The molecule has 0 unspecified atom stereocenters. The molecule has 2 fully saturated rings. The van der Waals surface area contributed by atoms with Gasteiger partial charge in [0.2, 0.25) is 17.7 Å². The van der Waals surface area contributed by atoms with Crippen LogP contribution in [0.1, 0.15) is 77.1 Å². The maximum atomic E-state index is 14.0. The molecule has 2 saturated heterocycles. The molecule has 2 aliphatic rings. The number of ether oxygens (including phenoxy) is 2. The summed E-state index contributed by atoms with van der Waals surface area (Å²) in [6.45, 7) is 12.7. The van der Waals surface area contributed by atoms with Crippen LogP contribution in [0.2, 0.25) is 5.02 Å². The van der Waals surface area contributed by atoms with E-state index >= 15 is 0 Å². The maximum absolute atomic E-state index is 14.0. The standard InChI is InChI=1S/C52H56ClN7O6S2/c1-33-45(68-32-56-33)37-13-11-34(12-14-37)30-55-47(62)43-10-9-25-58(43)48(63)46(51(2,3)4)57-44(61)31-65-26-7-8-27-66-41-23-18-36(19-24-41)35-15-20-39(21-16-35)60-50(67)59(49(64)52(60,5)6)40-22-17-38(29-54)42(53)28-40/h11-24,28,32,43,46H,7-10,25-27,30-31H2,1-6H3,(H,55,62)(H,57,61)/t43-,46+/m0/s1. The first-order valence-corrected chi connectivity index (χ1v) is 24.3. The molecular weight excluding hydrogens is 918 g/mol. The topological polar surface area (TPSA) is 157 Å². The number of aryl methyl sites for hydroxylation is 1. The molecule has 3 heterocycles. The van der Waals surface area contributed by atoms with Crippen LogP contribution in [0.25, 0.3) is 21.6 Å². The van der Waals surface area contributed by atoms with E-state index in [0.717, 1.165) is 44.3 Å². The van der Waals surface area contributed by atoms with Gasteiger partial charge in [0.1, 0.15) is 36.0 Å². The zero-order valence-corrected chi connectivity index (χ0v) is 41.5. The lowest BCUT2D eigenvalue weighted by atomic mass is 9.85. The van der Waals surface area contributed by atoms with Gasteiger partial charge in [-0.2, -0.15) is 5.26 Å². The van der Waals surface area contributed by atoms with Gasteiger partial charge in [0.05, 0.1) is 39.0 Å². The number of amides is 4. The van der Waals surface area contributed by atoms with Crippen molar-refractivity contribution in [1.82, 2.24) is 20.5 Å². The molecule has 16 heteroatoms. The SMILES string of the molecule is Cc1ncsc1-c1ccc(CNC(=O)[C@@H]2CCCN2C(=O)[C@@H](NC(=O)COCCCCOc2ccc(-c3ccc(N4C(=S)N(c5ccc(C#N)c(Cl)c5)C(=O)C4(C)C)cc3)cc2)C(C)(C)C)cc1. The third kappa shape index (κ3) is 11.2. The van der Waals surface area contributed by atoms with Crippen LogP contribution in [0.4, 0.5) is 11.4 Å². The Hall–Kier alpha value is -6.18. The first-order chi connectivity index (χ1) is 32.5. The summed E-state index contributed by atoms with van der Waals surface area (Å²) in [6.07, 6.45) is 2.63. The Morgan fingerprint density at radius 3 is 2.24 bits per heavy atom. The predicted molar refractivity (Wildman–Crippen MR) is 270 cm³/mol. The lowest BCUT2D eigenvalue weighted by molar-refractivity contribution is -0.144. The van der Waals surface area contributed by atoms with Crippen LogP contribution in [-0.4, -0.2) is 82.6 Å². The summed E-state index contributed by atoms with van der Waals surface area (Å²) in [7, 11) is 0. The average molecular weight is 975 g/mol. The molecule has 2 aliphatic heterocycles. The highest BCUT2D eigenvalue weighted by Gasteiger charge is 2.50. The molecule has 2 N–H and O–H groups in total. The first-order valence-electron chi connectivity index (χ1n) is 22.6. The Morgan fingerprint density at radius 1 is 0.956 bits per heavy atom. The number of nitrogens with zero attached hydrogens (tertiary/aromatic N) is 5. The smallest absolute Gasteiger partial charge is 0.259 e. The number of unbranched alkanes of at least 4 members (excludes halogenated alkanes) is 1. The lowest BCUT2D eigenvalue weighted by Gasteiger charge is -2.35. The minimum Gasteiger partial charge on any atom is -0.494 e. The van der Waals surface area contributed by atoms with Crippen LogP contribution >= 0.6 is 35.2 Å². The minimum atomic E-state index is -0.963. The van der Waals surface area contributed by atoms with E-state index in [1.54, 1.807) is 34.4 Å². The van der Waals surface area contributed by atoms with Gasteiger partial charge in [-0.15, -0.1) is 11.3 Å². The van der Waals surface area contributed by atoms with E-state index in [9.17, 15) is 24.4 Å². The number of nitrogens with one attached hydrogen (secondary N) is 2. The molecule has 0 bridgehead atoms. The quantitative estimate of drug-likeness (QED) is 0.0680. The molecular formula is C52H56ClN7O6S2. The molecule has 68 heavy (non-hydrogen) atoms. The number of halogens is 1. The molecule has 4 amide bonds. The lowest BCUT2D eigenvalue weighted by Crippen LogP contribution is -2.58. The van der Waals surface area contributed by atoms with Gasteiger partial charge in [-0.3, -0.25) is 24.1 Å². The second-order valence-electron chi connectivity index (χ2n) is 18.5. The zero-order chi connectivity index (χ0) is 48.8. The monoisotopic (exact) mass is 973 g/mol. The van der Waals surface area contributed by atoms with Crippen molar-refractivity contribution in [2.45, 2.75) is 91.4 Å². The highest BCUT2D eigenvalue weighted by atomic mass is 35.5. The Morgan fingerprint density at radius 2 is 1.60 bits per heavy atom. The number of rotatable bonds is 17. The van der Waals surface area contributed by atoms with Crippen molar-refractivity contribution in [2.75, 3.05) is 36.2 Å². The number of hydrogen-bond acceptors (Lipinski definition) is 10. The van der Waals surface area contributed by atoms with Gasteiger partial charge in [-0.1, -0.05) is 80.9 Å². The summed E-state index contributed by atoms with van der Waals surface area (Å²) < 4.78 is 11.7. The molecule has 7 rings (SSSR count). The summed E-state index contributed by atoms with van der Waals surface area (Å²) in [4.78, 5) is 64.4. The fraction of sp³-hybridized carbons (Fsp3) is 0.365. The molecule has 13 nitrogen and oxygen atoms in total. The van der Waals surface area contributed by atoms with Crippen molar-refractivity contribution < 1.29 is 28.7 Å². The summed E-state index contributed by atoms with van der Waals surface area (Å²) in [5.74, 6) is -0.355. The van der Waals surface area contributed by atoms with Crippen LogP contribution < -0.4 is 25.2 Å².